The fraction of sp³-hybridized carbons (Fsp3) is 0.926. The van der Waals surface area contributed by atoms with E-state index in [9.17, 15) is 14.7 Å². The zero-order valence-electron chi connectivity index (χ0n) is 20.6. The van der Waals surface area contributed by atoms with E-state index in [0.29, 0.717) is 53.4 Å². The van der Waals surface area contributed by atoms with Gasteiger partial charge in [0.1, 0.15) is 0 Å². The highest BCUT2D eigenvalue weighted by molar-refractivity contribution is 6.31. The number of carbonyl (C=O) groups is 2. The summed E-state index contributed by atoms with van der Waals surface area (Å²) in [6.45, 7) is 10.1. The monoisotopic (exact) mass is 447 g/mol. The third-order valence-electron chi connectivity index (χ3n) is 11.2. The van der Waals surface area contributed by atoms with E-state index >= 15 is 0 Å². The maximum absolute atomic E-state index is 11.8. The second-order valence-corrected chi connectivity index (χ2v) is 12.3. The molecule has 4 rings (SSSR count). The number of aliphatic hydroxyl groups excluding tert-OH is 1. The number of aliphatic carboxylic acids is 1. The average Bonchev–Trinajstić information content (AvgIpc) is 3.11. The molecule has 0 heterocycles. The molecule has 4 aliphatic carbocycles. The van der Waals surface area contributed by atoms with Gasteiger partial charge in [0.25, 0.3) is 0 Å². The summed E-state index contributed by atoms with van der Waals surface area (Å²) >= 11 is 0. The van der Waals surface area contributed by atoms with E-state index in [2.05, 4.69) is 33.0 Å². The Hall–Kier alpha value is -1.10. The molecule has 0 radical (unpaired) electrons. The van der Waals surface area contributed by atoms with Gasteiger partial charge in [-0.3, -0.25) is 4.79 Å². The minimum absolute atomic E-state index is 0.158. The number of fused-ring (bicyclic) bond motifs is 5. The first kappa shape index (κ1) is 24.0. The summed E-state index contributed by atoms with van der Waals surface area (Å²) in [6, 6.07) is 0. The topological polar surface area (TPSA) is 86.6 Å². The summed E-state index contributed by atoms with van der Waals surface area (Å²) in [7, 11) is 0. The SMILES string of the molecule is CC[C@H]1[C@@H](O)[C@@H]2[C@H](CC[C@]3(C)[C@@H]([C@H](C)CCNC(=O)C(=O)O)CC[C@@H]23)[C@@]2(C)CCCC[C@@H]12. The van der Waals surface area contributed by atoms with Gasteiger partial charge >= 0.3 is 11.9 Å². The van der Waals surface area contributed by atoms with Crippen molar-refractivity contribution in [3.05, 3.63) is 0 Å². The molecule has 0 spiro atoms. The van der Waals surface area contributed by atoms with Crippen LogP contribution in [0, 0.1) is 52.3 Å². The number of carboxylic acids is 1. The van der Waals surface area contributed by atoms with E-state index in [-0.39, 0.29) is 11.5 Å². The van der Waals surface area contributed by atoms with Gasteiger partial charge in [0.2, 0.25) is 0 Å². The maximum atomic E-state index is 11.8. The Morgan fingerprint density at radius 1 is 1.00 bits per heavy atom. The Kier molecular flexibility index (Phi) is 6.70. The lowest BCUT2D eigenvalue weighted by Crippen LogP contribution is -2.61. The summed E-state index contributed by atoms with van der Waals surface area (Å²) in [4.78, 5) is 22.2. The van der Waals surface area contributed by atoms with Crippen molar-refractivity contribution in [2.45, 2.75) is 98.0 Å². The number of rotatable bonds is 5. The van der Waals surface area contributed by atoms with Gasteiger partial charge in [0.15, 0.2) is 0 Å². The normalized spacial score (nSPS) is 46.5. The molecule has 5 nitrogen and oxygen atoms in total. The largest absolute Gasteiger partial charge is 0.474 e. The Morgan fingerprint density at radius 3 is 2.41 bits per heavy atom. The highest BCUT2D eigenvalue weighted by atomic mass is 16.4. The number of hydrogen-bond donors (Lipinski definition) is 3. The Bertz CT molecular complexity index is 724. The molecular formula is C27H45NO4. The predicted molar refractivity (Wildman–Crippen MR) is 125 cm³/mol. The number of carboxylic acid groups (broad SMARTS) is 1. The molecule has 0 unspecified atom stereocenters. The number of amides is 1. The van der Waals surface area contributed by atoms with Crippen LogP contribution in [0.2, 0.25) is 0 Å². The molecule has 0 aromatic rings. The Labute approximate surface area is 194 Å². The zero-order chi connectivity index (χ0) is 23.3. The molecule has 0 aromatic heterocycles. The quantitative estimate of drug-likeness (QED) is 0.525. The van der Waals surface area contributed by atoms with E-state index in [4.69, 9.17) is 5.11 Å². The lowest BCUT2D eigenvalue weighted by atomic mass is 9.41. The summed E-state index contributed by atoms with van der Waals surface area (Å²) in [5.74, 6) is 1.54. The van der Waals surface area contributed by atoms with Crippen molar-refractivity contribution in [2.75, 3.05) is 6.54 Å². The van der Waals surface area contributed by atoms with E-state index in [1.165, 1.54) is 51.4 Å². The highest BCUT2D eigenvalue weighted by Gasteiger charge is 2.64. The molecule has 4 fully saturated rings. The molecule has 0 aliphatic heterocycles. The second kappa shape index (κ2) is 8.92. The highest BCUT2D eigenvalue weighted by Crippen LogP contribution is 2.69. The lowest BCUT2D eigenvalue weighted by molar-refractivity contribution is -0.194. The van der Waals surface area contributed by atoms with Crippen LogP contribution in [0.4, 0.5) is 0 Å². The van der Waals surface area contributed by atoms with Crippen molar-refractivity contribution in [3.63, 3.8) is 0 Å². The third-order valence-corrected chi connectivity index (χ3v) is 11.2. The van der Waals surface area contributed by atoms with Crippen LogP contribution >= 0.6 is 0 Å². The standard InChI is InChI=1S/C27H45NO4/c1-5-17-19-8-6-7-13-26(19,3)21-11-14-27(4)18(9-10-20(27)22(21)23(17)29)16(2)12-15-28-24(30)25(31)32/h16-23,29H,5-15H2,1-4H3,(H,28,30)(H,31,32)/t16-,17-,18-,19+,20+,21+,22+,23-,26+,27-/m1/s1. The molecule has 0 saturated heterocycles. The van der Waals surface area contributed by atoms with Crippen LogP contribution in [0.3, 0.4) is 0 Å². The number of hydrogen-bond acceptors (Lipinski definition) is 3. The van der Waals surface area contributed by atoms with Gasteiger partial charge in [-0.15, -0.1) is 0 Å². The van der Waals surface area contributed by atoms with Crippen LogP contribution in [0.1, 0.15) is 91.9 Å². The van der Waals surface area contributed by atoms with Crippen molar-refractivity contribution in [3.8, 4) is 0 Å². The first-order valence-corrected chi connectivity index (χ1v) is 13.3. The molecule has 4 aliphatic rings. The summed E-state index contributed by atoms with van der Waals surface area (Å²) in [5.41, 5.74) is 0.642. The van der Waals surface area contributed by atoms with Crippen LogP contribution in [0.15, 0.2) is 0 Å². The summed E-state index contributed by atoms with van der Waals surface area (Å²) < 4.78 is 0. The van der Waals surface area contributed by atoms with Crippen molar-refractivity contribution in [2.24, 2.45) is 52.3 Å². The smallest absolute Gasteiger partial charge is 0.394 e. The predicted octanol–water partition coefficient (Wildman–Crippen LogP) is 4.87. The Morgan fingerprint density at radius 2 is 1.72 bits per heavy atom. The second-order valence-electron chi connectivity index (χ2n) is 12.3. The van der Waals surface area contributed by atoms with Gasteiger partial charge in [0, 0.05) is 6.54 Å². The molecule has 0 aromatic carbocycles. The molecule has 3 N–H and O–H groups in total. The van der Waals surface area contributed by atoms with Crippen molar-refractivity contribution >= 4 is 11.9 Å². The minimum Gasteiger partial charge on any atom is -0.474 e. The van der Waals surface area contributed by atoms with Crippen LogP contribution in [0.5, 0.6) is 0 Å². The van der Waals surface area contributed by atoms with Crippen LogP contribution in [-0.2, 0) is 9.59 Å². The van der Waals surface area contributed by atoms with E-state index in [1.807, 2.05) is 0 Å². The molecule has 0 bridgehead atoms. The Balaban J connectivity index is 1.51. The van der Waals surface area contributed by atoms with Crippen LogP contribution in [-0.4, -0.2) is 34.7 Å². The molecule has 5 heteroatoms. The van der Waals surface area contributed by atoms with Gasteiger partial charge in [-0.05, 0) is 97.2 Å². The molecule has 32 heavy (non-hydrogen) atoms. The van der Waals surface area contributed by atoms with Gasteiger partial charge in [0.05, 0.1) is 6.10 Å². The van der Waals surface area contributed by atoms with Gasteiger partial charge < -0.3 is 15.5 Å². The fourth-order valence-electron chi connectivity index (χ4n) is 9.70. The lowest BCUT2D eigenvalue weighted by Gasteiger charge is -2.64. The van der Waals surface area contributed by atoms with E-state index < -0.39 is 11.9 Å². The summed E-state index contributed by atoms with van der Waals surface area (Å²) in [5, 5.41) is 23.1. The maximum Gasteiger partial charge on any atom is 0.394 e. The molecule has 182 valence electrons. The van der Waals surface area contributed by atoms with Crippen LogP contribution < -0.4 is 5.32 Å². The first-order valence-electron chi connectivity index (χ1n) is 13.3. The van der Waals surface area contributed by atoms with E-state index in [1.54, 1.807) is 0 Å². The van der Waals surface area contributed by atoms with Gasteiger partial charge in [-0.25, -0.2) is 4.79 Å². The number of nitrogens with one attached hydrogen (secondary N) is 1. The molecule has 4 saturated carbocycles. The third kappa shape index (κ3) is 3.71. The van der Waals surface area contributed by atoms with Crippen molar-refractivity contribution in [1.29, 1.82) is 0 Å². The number of aliphatic hydroxyl groups is 1. The molecule has 10 atom stereocenters. The number of carbonyl (C=O) groups excluding carboxylic acids is 1. The van der Waals surface area contributed by atoms with Crippen LogP contribution in [0.25, 0.3) is 0 Å². The first-order chi connectivity index (χ1) is 15.1. The van der Waals surface area contributed by atoms with Gasteiger partial charge in [-0.2, -0.15) is 0 Å². The van der Waals surface area contributed by atoms with Crippen molar-refractivity contribution in [1.82, 2.24) is 5.32 Å². The zero-order valence-corrected chi connectivity index (χ0v) is 20.6. The molecule has 1 amide bonds. The van der Waals surface area contributed by atoms with Crippen molar-refractivity contribution < 1.29 is 19.8 Å². The van der Waals surface area contributed by atoms with E-state index in [0.717, 1.165) is 12.8 Å². The fourth-order valence-corrected chi connectivity index (χ4v) is 9.70. The minimum atomic E-state index is -1.41. The molecular weight excluding hydrogens is 402 g/mol. The summed E-state index contributed by atoms with van der Waals surface area (Å²) in [6.07, 6.45) is 12.0. The van der Waals surface area contributed by atoms with Gasteiger partial charge in [-0.1, -0.05) is 47.0 Å². The average molecular weight is 448 g/mol.